The Morgan fingerprint density at radius 3 is 2.94 bits per heavy atom. The molecule has 3 unspecified atom stereocenters. The number of ether oxygens (including phenoxy) is 2. The molecule has 0 saturated carbocycles. The van der Waals surface area contributed by atoms with Crippen molar-refractivity contribution in [1.29, 1.82) is 0 Å². The van der Waals surface area contributed by atoms with Crippen LogP contribution in [0.5, 0.6) is 0 Å². The van der Waals surface area contributed by atoms with Crippen molar-refractivity contribution in [3.05, 3.63) is 11.6 Å². The van der Waals surface area contributed by atoms with Crippen LogP contribution in [0.25, 0.3) is 0 Å². The zero-order valence-corrected chi connectivity index (χ0v) is 10.3. The minimum atomic E-state index is 0.0359. The minimum Gasteiger partial charge on any atom is -0.378 e. The van der Waals surface area contributed by atoms with Crippen molar-refractivity contribution in [1.82, 2.24) is 0 Å². The molecule has 90 valence electrons. The predicted octanol–water partition coefficient (Wildman–Crippen LogP) is 2.90. The normalized spacial score (nSPS) is 43.9. The smallest absolute Gasteiger partial charge is 0.0942 e. The molecule has 0 N–H and O–H groups in total. The van der Waals surface area contributed by atoms with E-state index >= 15 is 0 Å². The number of hydrogen-bond donors (Lipinski definition) is 0. The fourth-order valence-corrected chi connectivity index (χ4v) is 3.52. The van der Waals surface area contributed by atoms with Crippen LogP contribution in [-0.2, 0) is 9.47 Å². The fraction of sp³-hybridized carbons (Fsp3) is 0.846. The van der Waals surface area contributed by atoms with E-state index in [-0.39, 0.29) is 11.0 Å². The quantitative estimate of drug-likeness (QED) is 0.520. The maximum atomic E-state index is 6.14. The van der Waals surface area contributed by atoms with E-state index in [0.29, 0.717) is 5.92 Å². The molecule has 0 bridgehead atoms. The van der Waals surface area contributed by atoms with Crippen LogP contribution in [0, 0.1) is 5.92 Å². The molecule has 2 saturated heterocycles. The number of allylic oxidation sites excluding steroid dienone is 2. The molecule has 2 aliphatic heterocycles. The summed E-state index contributed by atoms with van der Waals surface area (Å²) in [7, 11) is 0. The Morgan fingerprint density at radius 2 is 2.25 bits per heavy atom. The summed E-state index contributed by atoms with van der Waals surface area (Å²) in [5.74, 6) is 0.694. The van der Waals surface area contributed by atoms with Gasteiger partial charge in [0.2, 0.25) is 0 Å². The van der Waals surface area contributed by atoms with Crippen LogP contribution in [0.1, 0.15) is 32.1 Å². The molecule has 2 heterocycles. The lowest BCUT2D eigenvalue weighted by atomic mass is 9.81. The van der Waals surface area contributed by atoms with Crippen molar-refractivity contribution in [3.8, 4) is 0 Å². The zero-order valence-electron chi connectivity index (χ0n) is 9.58. The Labute approximate surface area is 102 Å². The molecule has 16 heavy (non-hydrogen) atoms. The second-order valence-corrected chi connectivity index (χ2v) is 5.88. The van der Waals surface area contributed by atoms with E-state index in [1.54, 1.807) is 5.57 Å². The summed E-state index contributed by atoms with van der Waals surface area (Å²) in [6.07, 6.45) is 7.97. The molecule has 0 aromatic rings. The van der Waals surface area contributed by atoms with E-state index in [9.17, 15) is 0 Å². The summed E-state index contributed by atoms with van der Waals surface area (Å²) in [6, 6.07) is 0. The van der Waals surface area contributed by atoms with E-state index in [1.807, 2.05) is 0 Å². The standard InChI is InChI=1S/C13H19ClO2/c14-12-2-1-10(7-12)11-3-5-16-13(8-11)4-6-15-9-13/h7,11-12H,1-6,8-9H2. The third-order valence-corrected chi connectivity index (χ3v) is 4.53. The lowest BCUT2D eigenvalue weighted by Crippen LogP contribution is -2.40. The van der Waals surface area contributed by atoms with Gasteiger partial charge in [-0.05, 0) is 31.6 Å². The predicted molar refractivity (Wildman–Crippen MR) is 63.8 cm³/mol. The van der Waals surface area contributed by atoms with E-state index < -0.39 is 0 Å². The molecule has 3 heteroatoms. The van der Waals surface area contributed by atoms with Crippen molar-refractivity contribution in [2.75, 3.05) is 19.8 Å². The highest BCUT2D eigenvalue weighted by Gasteiger charge is 2.42. The van der Waals surface area contributed by atoms with Gasteiger partial charge in [0, 0.05) is 19.6 Å². The zero-order chi connectivity index (χ0) is 11.0. The molecule has 3 aliphatic rings. The SMILES string of the molecule is ClC1C=C(C2CCOC3(CCOC3)C2)CC1. The van der Waals surface area contributed by atoms with Crippen molar-refractivity contribution >= 4 is 11.6 Å². The summed E-state index contributed by atoms with van der Waals surface area (Å²) < 4.78 is 11.5. The second-order valence-electron chi connectivity index (χ2n) is 5.32. The third-order valence-electron chi connectivity index (χ3n) is 4.19. The van der Waals surface area contributed by atoms with Gasteiger partial charge in [0.15, 0.2) is 0 Å². The average Bonchev–Trinajstić information content (AvgIpc) is 2.89. The van der Waals surface area contributed by atoms with Gasteiger partial charge >= 0.3 is 0 Å². The lowest BCUT2D eigenvalue weighted by molar-refractivity contribution is -0.0927. The topological polar surface area (TPSA) is 18.5 Å². The van der Waals surface area contributed by atoms with Crippen LogP contribution >= 0.6 is 11.6 Å². The molecule has 0 amide bonds. The monoisotopic (exact) mass is 242 g/mol. The molecule has 0 aromatic heterocycles. The van der Waals surface area contributed by atoms with Crippen molar-refractivity contribution in [2.24, 2.45) is 5.92 Å². The molecule has 0 radical (unpaired) electrons. The van der Waals surface area contributed by atoms with Gasteiger partial charge in [-0.25, -0.2) is 0 Å². The van der Waals surface area contributed by atoms with Gasteiger partial charge in [-0.3, -0.25) is 0 Å². The molecular weight excluding hydrogens is 224 g/mol. The summed E-state index contributed by atoms with van der Waals surface area (Å²) in [4.78, 5) is 0. The Morgan fingerprint density at radius 1 is 1.31 bits per heavy atom. The molecule has 2 fully saturated rings. The Kier molecular flexibility index (Phi) is 2.99. The minimum absolute atomic E-state index is 0.0359. The Balaban J connectivity index is 1.70. The van der Waals surface area contributed by atoms with Crippen molar-refractivity contribution < 1.29 is 9.47 Å². The first-order valence-electron chi connectivity index (χ1n) is 6.34. The van der Waals surface area contributed by atoms with Gasteiger partial charge in [-0.2, -0.15) is 0 Å². The van der Waals surface area contributed by atoms with E-state index in [4.69, 9.17) is 21.1 Å². The first-order chi connectivity index (χ1) is 7.77. The van der Waals surface area contributed by atoms with Crippen molar-refractivity contribution in [3.63, 3.8) is 0 Å². The van der Waals surface area contributed by atoms with Gasteiger partial charge in [0.05, 0.1) is 17.6 Å². The van der Waals surface area contributed by atoms with Crippen LogP contribution in [0.15, 0.2) is 11.6 Å². The van der Waals surface area contributed by atoms with Gasteiger partial charge in [-0.15, -0.1) is 11.6 Å². The van der Waals surface area contributed by atoms with Crippen LogP contribution in [0.3, 0.4) is 0 Å². The Bertz CT molecular complexity index is 294. The number of halogens is 1. The van der Waals surface area contributed by atoms with Gasteiger partial charge in [0.25, 0.3) is 0 Å². The lowest BCUT2D eigenvalue weighted by Gasteiger charge is -2.37. The Hall–Kier alpha value is -0.0500. The number of rotatable bonds is 1. The van der Waals surface area contributed by atoms with Crippen LogP contribution < -0.4 is 0 Å². The first kappa shape index (κ1) is 11.1. The van der Waals surface area contributed by atoms with Crippen LogP contribution in [0.2, 0.25) is 0 Å². The third kappa shape index (κ3) is 2.03. The number of hydrogen-bond acceptors (Lipinski definition) is 2. The van der Waals surface area contributed by atoms with Gasteiger partial charge < -0.3 is 9.47 Å². The molecular formula is C13H19ClO2. The largest absolute Gasteiger partial charge is 0.378 e. The maximum absolute atomic E-state index is 6.14. The highest BCUT2D eigenvalue weighted by molar-refractivity contribution is 6.22. The molecule has 0 aromatic carbocycles. The molecule has 3 atom stereocenters. The van der Waals surface area contributed by atoms with E-state index in [2.05, 4.69) is 6.08 Å². The van der Waals surface area contributed by atoms with Crippen LogP contribution in [0.4, 0.5) is 0 Å². The molecule has 1 aliphatic carbocycles. The molecule has 3 rings (SSSR count). The fourth-order valence-electron chi connectivity index (χ4n) is 3.25. The first-order valence-corrected chi connectivity index (χ1v) is 6.77. The van der Waals surface area contributed by atoms with E-state index in [1.165, 1.54) is 6.42 Å². The molecule has 2 nitrogen and oxygen atoms in total. The maximum Gasteiger partial charge on any atom is 0.0942 e. The summed E-state index contributed by atoms with van der Waals surface area (Å²) >= 11 is 6.14. The highest BCUT2D eigenvalue weighted by atomic mass is 35.5. The number of alkyl halides is 1. The summed E-state index contributed by atoms with van der Waals surface area (Å²) in [5.41, 5.74) is 1.61. The van der Waals surface area contributed by atoms with Gasteiger partial charge in [0.1, 0.15) is 0 Å². The van der Waals surface area contributed by atoms with Crippen LogP contribution in [-0.4, -0.2) is 30.8 Å². The second kappa shape index (κ2) is 4.32. The average molecular weight is 243 g/mol. The summed E-state index contributed by atoms with van der Waals surface area (Å²) in [5, 5.41) is 0.272. The highest BCUT2D eigenvalue weighted by Crippen LogP contribution is 2.41. The summed E-state index contributed by atoms with van der Waals surface area (Å²) in [6.45, 7) is 2.54. The van der Waals surface area contributed by atoms with E-state index in [0.717, 1.165) is 45.5 Å². The molecule has 1 spiro atoms. The van der Waals surface area contributed by atoms with Gasteiger partial charge in [-0.1, -0.05) is 11.6 Å². The van der Waals surface area contributed by atoms with Crippen molar-refractivity contribution in [2.45, 2.75) is 43.1 Å².